The summed E-state index contributed by atoms with van der Waals surface area (Å²) in [5.74, 6) is 1.16. The van der Waals surface area contributed by atoms with Crippen molar-refractivity contribution in [3.8, 4) is 0 Å². The van der Waals surface area contributed by atoms with E-state index >= 15 is 0 Å². The van der Waals surface area contributed by atoms with E-state index in [0.717, 1.165) is 31.1 Å². The lowest BCUT2D eigenvalue weighted by Gasteiger charge is -2.36. The van der Waals surface area contributed by atoms with E-state index in [9.17, 15) is 4.79 Å². The lowest BCUT2D eigenvalue weighted by atomic mass is 9.82. The van der Waals surface area contributed by atoms with Gasteiger partial charge in [-0.2, -0.15) is 0 Å². The molecule has 21 heavy (non-hydrogen) atoms. The Balaban J connectivity index is 1.91. The molecular formula is C19H29NO. The van der Waals surface area contributed by atoms with E-state index in [2.05, 4.69) is 25.7 Å². The number of benzene rings is 1. The quantitative estimate of drug-likeness (QED) is 0.722. The lowest BCUT2D eigenvalue weighted by molar-refractivity contribution is 0.0716. The molecule has 0 amide bonds. The highest BCUT2D eigenvalue weighted by Crippen LogP contribution is 2.27. The molecule has 1 aromatic rings. The molecule has 0 spiro atoms. The van der Waals surface area contributed by atoms with E-state index in [0.29, 0.717) is 0 Å². The van der Waals surface area contributed by atoms with Gasteiger partial charge in [0.05, 0.1) is 0 Å². The molecule has 0 saturated carbocycles. The normalized spacial score (nSPS) is 17.9. The van der Waals surface area contributed by atoms with Crippen molar-refractivity contribution in [1.82, 2.24) is 4.90 Å². The van der Waals surface area contributed by atoms with Crippen LogP contribution in [0.5, 0.6) is 0 Å². The number of nitrogens with zero attached hydrogens (tertiary/aromatic N) is 1. The van der Waals surface area contributed by atoms with Crippen molar-refractivity contribution in [3.05, 3.63) is 35.9 Å². The summed E-state index contributed by atoms with van der Waals surface area (Å²) >= 11 is 0. The van der Waals surface area contributed by atoms with E-state index in [1.807, 2.05) is 30.3 Å². The van der Waals surface area contributed by atoms with Gasteiger partial charge >= 0.3 is 0 Å². The van der Waals surface area contributed by atoms with Gasteiger partial charge in [-0.25, -0.2) is 0 Å². The minimum absolute atomic E-state index is 0.263. The molecule has 2 heteroatoms. The number of carbonyl (C=O) groups excluding carboxylic acids is 1. The zero-order valence-corrected chi connectivity index (χ0v) is 13.8. The highest BCUT2D eigenvalue weighted by Gasteiger charge is 2.32. The van der Waals surface area contributed by atoms with Crippen LogP contribution in [0.3, 0.4) is 0 Å². The molecule has 1 fully saturated rings. The maximum Gasteiger partial charge on any atom is 0.169 e. The summed E-state index contributed by atoms with van der Waals surface area (Å²) in [7, 11) is 0. The van der Waals surface area contributed by atoms with Crippen LogP contribution >= 0.6 is 0 Å². The van der Waals surface area contributed by atoms with Gasteiger partial charge in [-0.15, -0.1) is 0 Å². The van der Waals surface area contributed by atoms with Crippen molar-refractivity contribution in [1.29, 1.82) is 0 Å². The summed E-state index contributed by atoms with van der Waals surface area (Å²) in [6.07, 6.45) is 5.25. The third-order valence-electron chi connectivity index (χ3n) is 4.67. The molecule has 2 rings (SSSR count). The molecule has 1 aliphatic heterocycles. The van der Waals surface area contributed by atoms with Crippen LogP contribution in [-0.4, -0.2) is 30.3 Å². The molecule has 2 nitrogen and oxygen atoms in total. The number of piperidine rings is 1. The van der Waals surface area contributed by atoms with Gasteiger partial charge < -0.3 is 4.90 Å². The van der Waals surface area contributed by atoms with Crippen LogP contribution < -0.4 is 0 Å². The van der Waals surface area contributed by atoms with Gasteiger partial charge in [-0.3, -0.25) is 4.79 Å². The number of rotatable bonds is 6. The van der Waals surface area contributed by atoms with Gasteiger partial charge in [0, 0.05) is 17.5 Å². The molecule has 0 N–H and O–H groups in total. The van der Waals surface area contributed by atoms with Gasteiger partial charge in [-0.1, -0.05) is 63.9 Å². The summed E-state index contributed by atoms with van der Waals surface area (Å²) in [4.78, 5) is 15.2. The first-order chi connectivity index (χ1) is 10.0. The molecular weight excluding hydrogens is 258 g/mol. The van der Waals surface area contributed by atoms with E-state index < -0.39 is 0 Å². The molecule has 0 aliphatic carbocycles. The molecule has 1 saturated heterocycles. The highest BCUT2D eigenvalue weighted by molar-refractivity contribution is 6.00. The smallest absolute Gasteiger partial charge is 0.169 e. The van der Waals surface area contributed by atoms with E-state index in [1.54, 1.807) is 0 Å². The van der Waals surface area contributed by atoms with Gasteiger partial charge in [0.1, 0.15) is 0 Å². The second-order valence-electron chi connectivity index (χ2n) is 7.09. The van der Waals surface area contributed by atoms with Crippen LogP contribution in [0.25, 0.3) is 0 Å². The highest BCUT2D eigenvalue weighted by atomic mass is 16.1. The molecule has 116 valence electrons. The Bertz CT molecular complexity index is 444. The van der Waals surface area contributed by atoms with Crippen molar-refractivity contribution in [2.75, 3.05) is 19.6 Å². The topological polar surface area (TPSA) is 20.3 Å². The second-order valence-corrected chi connectivity index (χ2v) is 7.09. The number of Topliss-reactive ketones (excluding diaryl/α,β-unsaturated/α-hetero) is 1. The van der Waals surface area contributed by atoms with Crippen molar-refractivity contribution >= 4 is 5.78 Å². The predicted octanol–water partition coefficient (Wildman–Crippen LogP) is 4.41. The first-order valence-corrected chi connectivity index (χ1v) is 8.35. The van der Waals surface area contributed by atoms with Crippen molar-refractivity contribution < 1.29 is 4.79 Å². The number of likely N-dealkylation sites (tertiary alicyclic amines) is 1. The lowest BCUT2D eigenvalue weighted by Crippen LogP contribution is -2.43. The molecule has 0 atom stereocenters. The van der Waals surface area contributed by atoms with Crippen molar-refractivity contribution in [2.24, 2.45) is 11.3 Å². The van der Waals surface area contributed by atoms with Crippen molar-refractivity contribution in [3.63, 3.8) is 0 Å². The molecule has 1 heterocycles. The molecule has 1 aliphatic rings. The summed E-state index contributed by atoms with van der Waals surface area (Å²) in [5, 5.41) is 0. The first kappa shape index (κ1) is 16.2. The SMILES string of the molecule is CCCC1CCN(CC(C)(C)C(=O)c2ccccc2)CC1. The molecule has 0 radical (unpaired) electrons. The van der Waals surface area contributed by atoms with E-state index in [4.69, 9.17) is 0 Å². The number of hydrogen-bond acceptors (Lipinski definition) is 2. The zero-order valence-electron chi connectivity index (χ0n) is 13.8. The fourth-order valence-corrected chi connectivity index (χ4v) is 3.45. The summed E-state index contributed by atoms with van der Waals surface area (Å²) < 4.78 is 0. The zero-order chi connectivity index (χ0) is 15.3. The van der Waals surface area contributed by atoms with Crippen LogP contribution in [-0.2, 0) is 0 Å². The average Bonchev–Trinajstić information content (AvgIpc) is 2.49. The van der Waals surface area contributed by atoms with E-state index in [1.165, 1.54) is 25.7 Å². The summed E-state index contributed by atoms with van der Waals surface area (Å²) in [6.45, 7) is 9.61. The Hall–Kier alpha value is -1.15. The third-order valence-corrected chi connectivity index (χ3v) is 4.67. The average molecular weight is 287 g/mol. The van der Waals surface area contributed by atoms with Crippen LogP contribution in [0.15, 0.2) is 30.3 Å². The van der Waals surface area contributed by atoms with Gasteiger partial charge in [0.25, 0.3) is 0 Å². The monoisotopic (exact) mass is 287 g/mol. The van der Waals surface area contributed by atoms with E-state index in [-0.39, 0.29) is 11.2 Å². The Morgan fingerprint density at radius 1 is 1.19 bits per heavy atom. The molecule has 0 unspecified atom stereocenters. The largest absolute Gasteiger partial charge is 0.302 e. The standard InChI is InChI=1S/C19H29NO/c1-4-8-16-11-13-20(14-12-16)15-19(2,3)18(21)17-9-6-5-7-10-17/h5-7,9-10,16H,4,8,11-15H2,1-3H3. The molecule has 0 bridgehead atoms. The molecule has 0 aromatic heterocycles. The summed E-state index contributed by atoms with van der Waals surface area (Å²) in [5.41, 5.74) is 0.530. The maximum atomic E-state index is 12.7. The minimum atomic E-state index is -0.307. The Kier molecular flexibility index (Phi) is 5.58. The van der Waals surface area contributed by atoms with Gasteiger partial charge in [0.15, 0.2) is 5.78 Å². The van der Waals surface area contributed by atoms with Crippen LogP contribution in [0, 0.1) is 11.3 Å². The Morgan fingerprint density at radius 3 is 2.38 bits per heavy atom. The fourth-order valence-electron chi connectivity index (χ4n) is 3.45. The number of ketones is 1. The predicted molar refractivity (Wildman–Crippen MR) is 88.6 cm³/mol. The fraction of sp³-hybridized carbons (Fsp3) is 0.632. The summed E-state index contributed by atoms with van der Waals surface area (Å²) in [6, 6.07) is 9.70. The van der Waals surface area contributed by atoms with Crippen LogP contribution in [0.2, 0.25) is 0 Å². The maximum absolute atomic E-state index is 12.7. The van der Waals surface area contributed by atoms with Crippen molar-refractivity contribution in [2.45, 2.75) is 46.5 Å². The Morgan fingerprint density at radius 2 is 1.81 bits per heavy atom. The van der Waals surface area contributed by atoms with Gasteiger partial charge in [0.2, 0.25) is 0 Å². The van der Waals surface area contributed by atoms with Crippen LogP contribution in [0.1, 0.15) is 56.8 Å². The number of hydrogen-bond donors (Lipinski definition) is 0. The van der Waals surface area contributed by atoms with Gasteiger partial charge in [-0.05, 0) is 31.8 Å². The third kappa shape index (κ3) is 4.41. The first-order valence-electron chi connectivity index (χ1n) is 8.35. The number of carbonyl (C=O) groups is 1. The molecule has 1 aromatic carbocycles. The minimum Gasteiger partial charge on any atom is -0.302 e. The second kappa shape index (κ2) is 7.22. The van der Waals surface area contributed by atoms with Crippen LogP contribution in [0.4, 0.5) is 0 Å². The Labute approximate surface area is 129 Å².